The molecular weight excluding hydrogens is 350 g/mol. The minimum absolute atomic E-state index is 0.160. The van der Waals surface area contributed by atoms with E-state index in [1.165, 1.54) is 7.11 Å². The maximum atomic E-state index is 12.1. The Morgan fingerprint density at radius 1 is 0.963 bits per heavy atom. The molecule has 0 atom stereocenters. The summed E-state index contributed by atoms with van der Waals surface area (Å²) < 4.78 is 10.2. The maximum absolute atomic E-state index is 12.1. The number of carbonyl (C=O) groups excluding carboxylic acids is 3. The molecule has 0 saturated heterocycles. The van der Waals surface area contributed by atoms with E-state index >= 15 is 0 Å². The van der Waals surface area contributed by atoms with Crippen molar-refractivity contribution in [2.45, 2.75) is 39.2 Å². The Bertz CT molecular complexity index is 640. The standard InChI is InChI=1S/C19H29N3O5/c1-19(2,3)27-18(25)22-13-10-16(23)20-11-7-12-21-17(24)14-8-5-6-9-15(14)26-4/h5-6,8-9H,7,10-13H2,1-4H3,(H,20,23)(H,21,24)(H,22,25). The summed E-state index contributed by atoms with van der Waals surface area (Å²) in [5.74, 6) is 0.114. The van der Waals surface area contributed by atoms with Gasteiger partial charge in [0.15, 0.2) is 0 Å². The fourth-order valence-electron chi connectivity index (χ4n) is 2.13. The number of ether oxygens (including phenoxy) is 2. The lowest BCUT2D eigenvalue weighted by atomic mass is 10.2. The summed E-state index contributed by atoms with van der Waals surface area (Å²) in [5, 5.41) is 8.04. The lowest BCUT2D eigenvalue weighted by Gasteiger charge is -2.19. The van der Waals surface area contributed by atoms with Gasteiger partial charge in [0, 0.05) is 26.1 Å². The number of hydrogen-bond donors (Lipinski definition) is 3. The lowest BCUT2D eigenvalue weighted by molar-refractivity contribution is -0.120. The van der Waals surface area contributed by atoms with Crippen molar-refractivity contribution in [3.8, 4) is 5.75 Å². The molecule has 0 bridgehead atoms. The zero-order chi connectivity index (χ0) is 20.3. The van der Waals surface area contributed by atoms with Crippen LogP contribution in [0, 0.1) is 0 Å². The maximum Gasteiger partial charge on any atom is 0.407 e. The Kier molecular flexibility index (Phi) is 9.12. The number of rotatable bonds is 9. The molecule has 0 radical (unpaired) electrons. The first-order valence-corrected chi connectivity index (χ1v) is 8.87. The SMILES string of the molecule is COc1ccccc1C(=O)NCCCNC(=O)CCNC(=O)OC(C)(C)C. The summed E-state index contributed by atoms with van der Waals surface area (Å²) in [6.45, 7) is 6.36. The minimum Gasteiger partial charge on any atom is -0.496 e. The van der Waals surface area contributed by atoms with Crippen LogP contribution in [0.2, 0.25) is 0 Å². The van der Waals surface area contributed by atoms with Gasteiger partial charge in [0.1, 0.15) is 11.4 Å². The molecule has 27 heavy (non-hydrogen) atoms. The average molecular weight is 379 g/mol. The van der Waals surface area contributed by atoms with E-state index in [4.69, 9.17) is 9.47 Å². The Balaban J connectivity index is 2.15. The predicted octanol–water partition coefficient (Wildman–Crippen LogP) is 1.85. The zero-order valence-electron chi connectivity index (χ0n) is 16.4. The normalized spacial score (nSPS) is 10.7. The summed E-state index contributed by atoms with van der Waals surface area (Å²) >= 11 is 0. The van der Waals surface area contributed by atoms with E-state index in [1.807, 2.05) is 0 Å². The van der Waals surface area contributed by atoms with Crippen LogP contribution in [0.4, 0.5) is 4.79 Å². The third-order valence-corrected chi connectivity index (χ3v) is 3.33. The van der Waals surface area contributed by atoms with Gasteiger partial charge in [-0.15, -0.1) is 0 Å². The van der Waals surface area contributed by atoms with Gasteiger partial charge in [-0.2, -0.15) is 0 Å². The van der Waals surface area contributed by atoms with Crippen molar-refractivity contribution in [2.24, 2.45) is 0 Å². The van der Waals surface area contributed by atoms with Gasteiger partial charge >= 0.3 is 6.09 Å². The minimum atomic E-state index is -0.569. The smallest absolute Gasteiger partial charge is 0.407 e. The van der Waals surface area contributed by atoms with Gasteiger partial charge in [-0.1, -0.05) is 12.1 Å². The predicted molar refractivity (Wildman–Crippen MR) is 102 cm³/mol. The number of carbonyl (C=O) groups is 3. The quantitative estimate of drug-likeness (QED) is 0.568. The molecule has 0 fully saturated rings. The van der Waals surface area contributed by atoms with Gasteiger partial charge in [0.05, 0.1) is 12.7 Å². The second-order valence-corrected chi connectivity index (χ2v) is 6.84. The first-order valence-electron chi connectivity index (χ1n) is 8.87. The number of benzene rings is 1. The van der Waals surface area contributed by atoms with E-state index in [2.05, 4.69) is 16.0 Å². The molecule has 0 aliphatic heterocycles. The molecular formula is C19H29N3O5. The zero-order valence-corrected chi connectivity index (χ0v) is 16.4. The Hall–Kier alpha value is -2.77. The molecule has 1 aromatic carbocycles. The van der Waals surface area contributed by atoms with E-state index in [9.17, 15) is 14.4 Å². The van der Waals surface area contributed by atoms with Crippen molar-refractivity contribution >= 4 is 17.9 Å². The van der Waals surface area contributed by atoms with Crippen LogP contribution in [-0.2, 0) is 9.53 Å². The van der Waals surface area contributed by atoms with E-state index in [1.54, 1.807) is 45.0 Å². The van der Waals surface area contributed by atoms with Crippen LogP contribution in [0.1, 0.15) is 44.0 Å². The van der Waals surface area contributed by atoms with Crippen molar-refractivity contribution in [1.82, 2.24) is 16.0 Å². The molecule has 0 aliphatic rings. The van der Waals surface area contributed by atoms with Gasteiger partial charge in [0.25, 0.3) is 5.91 Å². The fraction of sp³-hybridized carbons (Fsp3) is 0.526. The monoisotopic (exact) mass is 379 g/mol. The molecule has 8 heteroatoms. The highest BCUT2D eigenvalue weighted by atomic mass is 16.6. The van der Waals surface area contributed by atoms with E-state index < -0.39 is 11.7 Å². The average Bonchev–Trinajstić information content (AvgIpc) is 2.59. The second kappa shape index (κ2) is 11.1. The Labute approximate surface area is 160 Å². The number of alkyl carbamates (subject to hydrolysis) is 1. The van der Waals surface area contributed by atoms with E-state index in [0.29, 0.717) is 30.8 Å². The third-order valence-electron chi connectivity index (χ3n) is 3.33. The number of nitrogens with one attached hydrogen (secondary N) is 3. The van der Waals surface area contributed by atoms with Gasteiger partial charge in [-0.05, 0) is 39.3 Å². The molecule has 0 aromatic heterocycles. The van der Waals surface area contributed by atoms with Crippen molar-refractivity contribution in [1.29, 1.82) is 0 Å². The number of hydrogen-bond acceptors (Lipinski definition) is 5. The molecule has 0 saturated carbocycles. The van der Waals surface area contributed by atoms with Crippen LogP contribution in [0.25, 0.3) is 0 Å². The molecule has 1 aromatic rings. The highest BCUT2D eigenvalue weighted by molar-refractivity contribution is 5.96. The number of amides is 3. The molecule has 3 amide bonds. The van der Waals surface area contributed by atoms with Crippen molar-refractivity contribution in [3.05, 3.63) is 29.8 Å². The highest BCUT2D eigenvalue weighted by Gasteiger charge is 2.15. The van der Waals surface area contributed by atoms with E-state index in [0.717, 1.165) is 0 Å². The van der Waals surface area contributed by atoms with Crippen molar-refractivity contribution in [2.75, 3.05) is 26.7 Å². The van der Waals surface area contributed by atoms with Gasteiger partial charge in [0.2, 0.25) is 5.91 Å². The summed E-state index contributed by atoms with van der Waals surface area (Å²) in [7, 11) is 1.51. The summed E-state index contributed by atoms with van der Waals surface area (Å²) in [4.78, 5) is 35.3. The Morgan fingerprint density at radius 2 is 1.63 bits per heavy atom. The second-order valence-electron chi connectivity index (χ2n) is 6.84. The first kappa shape index (κ1) is 22.3. The first-order chi connectivity index (χ1) is 12.7. The fourth-order valence-corrected chi connectivity index (χ4v) is 2.13. The van der Waals surface area contributed by atoms with Gasteiger partial charge in [-0.3, -0.25) is 9.59 Å². The topological polar surface area (TPSA) is 106 Å². The van der Waals surface area contributed by atoms with Gasteiger partial charge in [-0.25, -0.2) is 4.79 Å². The number of para-hydroxylation sites is 1. The van der Waals surface area contributed by atoms with Gasteiger partial charge < -0.3 is 25.4 Å². The molecule has 8 nitrogen and oxygen atoms in total. The van der Waals surface area contributed by atoms with Crippen molar-refractivity contribution < 1.29 is 23.9 Å². The van der Waals surface area contributed by atoms with Crippen molar-refractivity contribution in [3.63, 3.8) is 0 Å². The Morgan fingerprint density at radius 3 is 2.30 bits per heavy atom. The van der Waals surface area contributed by atoms with Crippen LogP contribution in [0.15, 0.2) is 24.3 Å². The number of methoxy groups -OCH3 is 1. The molecule has 0 heterocycles. The highest BCUT2D eigenvalue weighted by Crippen LogP contribution is 2.16. The molecule has 1 rings (SSSR count). The van der Waals surface area contributed by atoms with Crippen LogP contribution >= 0.6 is 0 Å². The molecule has 0 unspecified atom stereocenters. The molecule has 3 N–H and O–H groups in total. The summed E-state index contributed by atoms with van der Waals surface area (Å²) in [5.41, 5.74) is -0.0992. The third kappa shape index (κ3) is 9.48. The summed E-state index contributed by atoms with van der Waals surface area (Å²) in [6, 6.07) is 6.97. The molecule has 0 spiro atoms. The largest absolute Gasteiger partial charge is 0.496 e. The van der Waals surface area contributed by atoms with Crippen LogP contribution in [0.3, 0.4) is 0 Å². The summed E-state index contributed by atoms with van der Waals surface area (Å²) in [6.07, 6.45) is 0.202. The van der Waals surface area contributed by atoms with Crippen LogP contribution in [0.5, 0.6) is 5.75 Å². The molecule has 150 valence electrons. The lowest BCUT2D eigenvalue weighted by Crippen LogP contribution is -2.35. The van der Waals surface area contributed by atoms with Crippen LogP contribution in [-0.4, -0.2) is 50.3 Å². The van der Waals surface area contributed by atoms with E-state index in [-0.39, 0.29) is 24.8 Å². The molecule has 0 aliphatic carbocycles. The van der Waals surface area contributed by atoms with Crippen LogP contribution < -0.4 is 20.7 Å².